The van der Waals surface area contributed by atoms with Gasteiger partial charge in [0.15, 0.2) is 0 Å². The minimum absolute atomic E-state index is 0.383. The van der Waals surface area contributed by atoms with Gasteiger partial charge in [-0.15, -0.1) is 0 Å². The molecule has 6 nitrogen and oxygen atoms in total. The molecule has 0 heterocycles. The van der Waals surface area contributed by atoms with Crippen LogP contribution in [0.4, 0.5) is 0 Å². The maximum absolute atomic E-state index is 10.4. The molecule has 0 bridgehead atoms. The van der Waals surface area contributed by atoms with Crippen molar-refractivity contribution in [2.75, 3.05) is 6.61 Å². The summed E-state index contributed by atoms with van der Waals surface area (Å²) in [5.74, 6) is 0. The van der Waals surface area contributed by atoms with Gasteiger partial charge < -0.3 is 15.3 Å². The van der Waals surface area contributed by atoms with E-state index in [0.29, 0.717) is 6.61 Å². The third-order valence-corrected chi connectivity index (χ3v) is 2.49. The van der Waals surface area contributed by atoms with Gasteiger partial charge in [-0.05, 0) is 6.42 Å². The third kappa shape index (κ3) is 3.98. The molecule has 7 heteroatoms. The number of aliphatic hydroxyl groups is 3. The average Bonchev–Trinajstić information content (AvgIpc) is 1.97. The monoisotopic (exact) mass is 199 g/mol. The Labute approximate surface area is 70.2 Å². The van der Waals surface area contributed by atoms with Crippen LogP contribution in [0.25, 0.3) is 0 Å². The van der Waals surface area contributed by atoms with Crippen LogP contribution in [-0.2, 0) is 10.1 Å². The van der Waals surface area contributed by atoms with Crippen LogP contribution in [0, 0.1) is 6.61 Å². The molecule has 0 aromatic heterocycles. The van der Waals surface area contributed by atoms with Crippen LogP contribution in [0.2, 0.25) is 0 Å². The van der Waals surface area contributed by atoms with Crippen molar-refractivity contribution in [3.8, 4) is 0 Å². The standard InChI is InChI=1S/C5H11O6S/c6-2-4(8)1-5(3-7)12(9,10)11/h2,4-8H,1,3H2,(H,9,10,11). The van der Waals surface area contributed by atoms with Crippen molar-refractivity contribution in [3.63, 3.8) is 0 Å². The van der Waals surface area contributed by atoms with E-state index in [9.17, 15) is 8.42 Å². The van der Waals surface area contributed by atoms with Crippen LogP contribution in [0.5, 0.6) is 0 Å². The molecule has 73 valence electrons. The van der Waals surface area contributed by atoms with Crippen LogP contribution in [0.1, 0.15) is 6.42 Å². The predicted octanol–water partition coefficient (Wildman–Crippen LogP) is -1.48. The van der Waals surface area contributed by atoms with Gasteiger partial charge >= 0.3 is 0 Å². The third-order valence-electron chi connectivity index (χ3n) is 1.30. The van der Waals surface area contributed by atoms with Crippen molar-refractivity contribution in [2.45, 2.75) is 17.8 Å². The lowest BCUT2D eigenvalue weighted by molar-refractivity contribution is 0.126. The molecule has 0 saturated heterocycles. The number of rotatable bonds is 5. The first-order valence-electron chi connectivity index (χ1n) is 3.14. The molecule has 1 radical (unpaired) electrons. The maximum atomic E-state index is 10.4. The summed E-state index contributed by atoms with van der Waals surface area (Å²) in [6.07, 6.45) is -1.81. The Bertz CT molecular complexity index is 210. The maximum Gasteiger partial charge on any atom is 0.270 e. The molecule has 0 saturated carbocycles. The number of aliphatic hydroxyl groups excluding tert-OH is 3. The number of hydrogen-bond donors (Lipinski definition) is 4. The highest BCUT2D eigenvalue weighted by molar-refractivity contribution is 7.86. The van der Waals surface area contributed by atoms with Crippen LogP contribution in [0.3, 0.4) is 0 Å². The average molecular weight is 199 g/mol. The Balaban J connectivity index is 4.20. The van der Waals surface area contributed by atoms with Crippen molar-refractivity contribution in [2.24, 2.45) is 0 Å². The lowest BCUT2D eigenvalue weighted by atomic mass is 10.2. The van der Waals surface area contributed by atoms with E-state index in [0.717, 1.165) is 0 Å². The van der Waals surface area contributed by atoms with Gasteiger partial charge in [0.25, 0.3) is 10.1 Å². The molecular weight excluding hydrogens is 188 g/mol. The molecule has 0 aromatic carbocycles. The Kier molecular flexibility index (Phi) is 4.64. The second-order valence-electron chi connectivity index (χ2n) is 2.27. The summed E-state index contributed by atoms with van der Waals surface area (Å²) in [5, 5.41) is 23.9. The van der Waals surface area contributed by atoms with Gasteiger partial charge in [-0.3, -0.25) is 4.55 Å². The summed E-state index contributed by atoms with van der Waals surface area (Å²) in [6, 6.07) is 0. The number of hydrogen-bond acceptors (Lipinski definition) is 5. The van der Waals surface area contributed by atoms with Crippen LogP contribution in [0.15, 0.2) is 0 Å². The van der Waals surface area contributed by atoms with Gasteiger partial charge in [0.1, 0.15) is 11.9 Å². The zero-order valence-electron chi connectivity index (χ0n) is 6.16. The Morgan fingerprint density at radius 3 is 2.17 bits per heavy atom. The molecule has 12 heavy (non-hydrogen) atoms. The Morgan fingerprint density at radius 2 is 1.92 bits per heavy atom. The molecule has 0 spiro atoms. The molecule has 0 rings (SSSR count). The summed E-state index contributed by atoms with van der Waals surface area (Å²) in [7, 11) is -4.36. The second-order valence-corrected chi connectivity index (χ2v) is 3.97. The molecule has 0 aliphatic carbocycles. The lowest BCUT2D eigenvalue weighted by Gasteiger charge is -2.12. The normalized spacial score (nSPS) is 17.3. The van der Waals surface area contributed by atoms with Crippen molar-refractivity contribution >= 4 is 10.1 Å². The highest BCUT2D eigenvalue weighted by atomic mass is 32.2. The van der Waals surface area contributed by atoms with Crippen molar-refractivity contribution in [1.29, 1.82) is 0 Å². The van der Waals surface area contributed by atoms with Gasteiger partial charge in [-0.2, -0.15) is 8.42 Å². The molecule has 4 N–H and O–H groups in total. The molecule has 2 unspecified atom stereocenters. The zero-order chi connectivity index (χ0) is 9.78. The fourth-order valence-corrected chi connectivity index (χ4v) is 1.25. The fourth-order valence-electron chi connectivity index (χ4n) is 0.621. The second kappa shape index (κ2) is 4.73. The van der Waals surface area contributed by atoms with E-state index in [2.05, 4.69) is 0 Å². The summed E-state index contributed by atoms with van der Waals surface area (Å²) >= 11 is 0. The molecule has 0 amide bonds. The summed E-state index contributed by atoms with van der Waals surface area (Å²) in [5.41, 5.74) is 0. The highest BCUT2D eigenvalue weighted by Gasteiger charge is 2.24. The van der Waals surface area contributed by atoms with E-state index in [-0.39, 0.29) is 0 Å². The largest absolute Gasteiger partial charge is 0.395 e. The molecular formula is C5H11O6S. The Hall–Kier alpha value is -0.210. The minimum atomic E-state index is -4.36. The quantitative estimate of drug-likeness (QED) is 0.401. The summed E-state index contributed by atoms with van der Waals surface area (Å²) in [6.45, 7) is -0.419. The smallest absolute Gasteiger partial charge is 0.270 e. The van der Waals surface area contributed by atoms with Crippen LogP contribution < -0.4 is 0 Å². The summed E-state index contributed by atoms with van der Waals surface area (Å²) < 4.78 is 29.2. The zero-order valence-corrected chi connectivity index (χ0v) is 6.98. The minimum Gasteiger partial charge on any atom is -0.395 e. The first kappa shape index (κ1) is 11.8. The molecule has 0 fully saturated rings. The first-order valence-corrected chi connectivity index (χ1v) is 4.65. The van der Waals surface area contributed by atoms with Crippen LogP contribution in [-0.4, -0.2) is 46.3 Å². The molecule has 2 atom stereocenters. The topological polar surface area (TPSA) is 115 Å². The Morgan fingerprint density at radius 1 is 1.42 bits per heavy atom. The van der Waals surface area contributed by atoms with Crippen molar-refractivity contribution < 1.29 is 28.3 Å². The fraction of sp³-hybridized carbons (Fsp3) is 0.800. The van der Waals surface area contributed by atoms with E-state index >= 15 is 0 Å². The first-order chi connectivity index (χ1) is 5.41. The molecule has 0 aliphatic rings. The SMILES string of the molecule is O=S(=O)(O)C(CO)CC(O)[CH]O. The van der Waals surface area contributed by atoms with Crippen molar-refractivity contribution in [3.05, 3.63) is 6.61 Å². The van der Waals surface area contributed by atoms with Gasteiger partial charge in [-0.25, -0.2) is 0 Å². The van der Waals surface area contributed by atoms with Gasteiger partial charge in [0.05, 0.1) is 12.7 Å². The lowest BCUT2D eigenvalue weighted by Crippen LogP contribution is -2.29. The van der Waals surface area contributed by atoms with E-state index < -0.39 is 34.5 Å². The van der Waals surface area contributed by atoms with E-state index in [1.54, 1.807) is 0 Å². The highest BCUT2D eigenvalue weighted by Crippen LogP contribution is 2.07. The molecule has 0 aromatic rings. The van der Waals surface area contributed by atoms with E-state index in [1.807, 2.05) is 0 Å². The van der Waals surface area contributed by atoms with Gasteiger partial charge in [0, 0.05) is 0 Å². The van der Waals surface area contributed by atoms with E-state index in [4.69, 9.17) is 19.9 Å². The van der Waals surface area contributed by atoms with Gasteiger partial charge in [0.2, 0.25) is 0 Å². The van der Waals surface area contributed by atoms with Crippen molar-refractivity contribution in [1.82, 2.24) is 0 Å². The van der Waals surface area contributed by atoms with E-state index in [1.165, 1.54) is 0 Å². The molecule has 0 aliphatic heterocycles. The predicted molar refractivity (Wildman–Crippen MR) is 39.3 cm³/mol. The van der Waals surface area contributed by atoms with Crippen LogP contribution >= 0.6 is 0 Å². The van der Waals surface area contributed by atoms with Gasteiger partial charge in [-0.1, -0.05) is 0 Å². The summed E-state index contributed by atoms with van der Waals surface area (Å²) in [4.78, 5) is 0.